The molecule has 7 nitrogen and oxygen atoms in total. The number of aromatic amines is 1. The van der Waals surface area contributed by atoms with Crippen LogP contribution < -0.4 is 19.5 Å². The first-order valence-electron chi connectivity index (χ1n) is 12.5. The van der Waals surface area contributed by atoms with Crippen LogP contribution in [0.15, 0.2) is 79.0 Å². The summed E-state index contributed by atoms with van der Waals surface area (Å²) in [6.45, 7) is 0.379. The SMILES string of the molecule is COc1ccc(C2c3[nH]c4ccccc4c3Cc3c(C(=O)NCc4ccc(OC)c(OC)c4)ccn32)cc1. The highest BCUT2D eigenvalue weighted by Gasteiger charge is 2.32. The van der Waals surface area contributed by atoms with Crippen LogP contribution in [-0.4, -0.2) is 36.8 Å². The predicted molar refractivity (Wildman–Crippen MR) is 146 cm³/mol. The molecule has 0 radical (unpaired) electrons. The third kappa shape index (κ3) is 3.96. The molecule has 7 heteroatoms. The molecule has 6 rings (SSSR count). The van der Waals surface area contributed by atoms with Crippen LogP contribution in [0.4, 0.5) is 0 Å². The third-order valence-electron chi connectivity index (χ3n) is 7.34. The quantitative estimate of drug-likeness (QED) is 0.301. The number of aromatic nitrogens is 2. The standard InChI is InChI=1S/C31H29N3O4/c1-36-21-11-9-20(10-12-21)30-29-24(22-6-4-5-7-25(22)33-29)17-26-23(14-15-34(26)30)31(35)32-18-19-8-13-27(37-2)28(16-19)38-3/h4-16,30,33H,17-18H2,1-3H3,(H,32,35). The summed E-state index contributed by atoms with van der Waals surface area (Å²) >= 11 is 0. The molecule has 2 N–H and O–H groups in total. The molecule has 1 amide bonds. The van der Waals surface area contributed by atoms with Gasteiger partial charge in [0.2, 0.25) is 0 Å². The maximum atomic E-state index is 13.5. The van der Waals surface area contributed by atoms with Crippen LogP contribution in [0.1, 0.15) is 44.5 Å². The van der Waals surface area contributed by atoms with Crippen molar-refractivity contribution in [2.75, 3.05) is 21.3 Å². The Bertz CT molecular complexity index is 1630. The first-order valence-corrected chi connectivity index (χ1v) is 12.5. The molecule has 1 unspecified atom stereocenters. The smallest absolute Gasteiger partial charge is 0.253 e. The van der Waals surface area contributed by atoms with Crippen molar-refractivity contribution in [2.45, 2.75) is 19.0 Å². The molecule has 5 aromatic rings. The fourth-order valence-corrected chi connectivity index (χ4v) is 5.45. The lowest BCUT2D eigenvalue weighted by Gasteiger charge is -2.28. The highest BCUT2D eigenvalue weighted by atomic mass is 16.5. The lowest BCUT2D eigenvalue weighted by molar-refractivity contribution is 0.0949. The normalized spacial score (nSPS) is 14.0. The Morgan fingerprint density at radius 3 is 2.50 bits per heavy atom. The lowest BCUT2D eigenvalue weighted by atomic mass is 9.92. The van der Waals surface area contributed by atoms with E-state index >= 15 is 0 Å². The van der Waals surface area contributed by atoms with Crippen molar-refractivity contribution in [3.8, 4) is 17.2 Å². The Kier molecular flexibility index (Phi) is 6.04. The van der Waals surface area contributed by atoms with Gasteiger partial charge in [0, 0.05) is 41.5 Å². The van der Waals surface area contributed by atoms with Crippen molar-refractivity contribution < 1.29 is 19.0 Å². The summed E-state index contributed by atoms with van der Waals surface area (Å²) in [4.78, 5) is 17.1. The zero-order valence-electron chi connectivity index (χ0n) is 21.6. The van der Waals surface area contributed by atoms with Crippen molar-refractivity contribution in [3.05, 3.63) is 113 Å². The fraction of sp³-hybridized carbons (Fsp3) is 0.194. The number of ether oxygens (including phenoxy) is 3. The van der Waals surface area contributed by atoms with Gasteiger partial charge in [0.1, 0.15) is 5.75 Å². The number of rotatable bonds is 7. The van der Waals surface area contributed by atoms with Crippen molar-refractivity contribution in [1.29, 1.82) is 0 Å². The van der Waals surface area contributed by atoms with Gasteiger partial charge in [-0.05, 0) is 53.1 Å². The molecule has 192 valence electrons. The molecular formula is C31H29N3O4. The molecule has 0 saturated heterocycles. The van der Waals surface area contributed by atoms with E-state index in [-0.39, 0.29) is 11.9 Å². The Labute approximate surface area is 221 Å². The van der Waals surface area contributed by atoms with Gasteiger partial charge >= 0.3 is 0 Å². The van der Waals surface area contributed by atoms with E-state index < -0.39 is 0 Å². The van der Waals surface area contributed by atoms with Crippen molar-refractivity contribution in [1.82, 2.24) is 14.9 Å². The van der Waals surface area contributed by atoms with Crippen LogP contribution in [0.25, 0.3) is 10.9 Å². The van der Waals surface area contributed by atoms with Gasteiger partial charge in [0.15, 0.2) is 11.5 Å². The Morgan fingerprint density at radius 2 is 1.74 bits per heavy atom. The number of carbonyl (C=O) groups excluding carboxylic acids is 1. The Morgan fingerprint density at radius 1 is 0.947 bits per heavy atom. The number of amides is 1. The van der Waals surface area contributed by atoms with Crippen molar-refractivity contribution in [3.63, 3.8) is 0 Å². The number of H-pyrrole nitrogens is 1. The predicted octanol–water partition coefficient (Wildman–Crippen LogP) is 5.47. The van der Waals surface area contributed by atoms with Gasteiger partial charge in [-0.15, -0.1) is 0 Å². The third-order valence-corrected chi connectivity index (χ3v) is 7.34. The number of hydrogen-bond donors (Lipinski definition) is 2. The first kappa shape index (κ1) is 23.7. The molecular weight excluding hydrogens is 478 g/mol. The molecule has 0 saturated carbocycles. The number of fused-ring (bicyclic) bond motifs is 4. The summed E-state index contributed by atoms with van der Waals surface area (Å²) < 4.78 is 18.3. The summed E-state index contributed by atoms with van der Waals surface area (Å²) in [6.07, 6.45) is 2.68. The number of carbonyl (C=O) groups is 1. The molecule has 1 atom stereocenters. The van der Waals surface area contributed by atoms with E-state index in [0.29, 0.717) is 30.0 Å². The van der Waals surface area contributed by atoms with E-state index in [4.69, 9.17) is 14.2 Å². The zero-order chi connectivity index (χ0) is 26.2. The molecule has 3 aromatic carbocycles. The molecule has 0 fully saturated rings. The fourth-order valence-electron chi connectivity index (χ4n) is 5.45. The van der Waals surface area contributed by atoms with E-state index in [0.717, 1.165) is 33.8 Å². The Hall–Kier alpha value is -4.65. The number of nitrogens with one attached hydrogen (secondary N) is 2. The van der Waals surface area contributed by atoms with Gasteiger partial charge in [0.05, 0.1) is 32.9 Å². The van der Waals surface area contributed by atoms with Crippen LogP contribution in [0.3, 0.4) is 0 Å². The van der Waals surface area contributed by atoms with Gasteiger partial charge in [-0.3, -0.25) is 4.79 Å². The second kappa shape index (κ2) is 9.67. The van der Waals surface area contributed by atoms with Crippen LogP contribution in [0.5, 0.6) is 17.2 Å². The van der Waals surface area contributed by atoms with Gasteiger partial charge in [-0.2, -0.15) is 0 Å². The summed E-state index contributed by atoms with van der Waals surface area (Å²) in [5, 5.41) is 4.28. The average Bonchev–Trinajstić information content (AvgIpc) is 3.56. The second-order valence-electron chi connectivity index (χ2n) is 9.37. The van der Waals surface area contributed by atoms with E-state index in [9.17, 15) is 4.79 Å². The van der Waals surface area contributed by atoms with Crippen LogP contribution in [0.2, 0.25) is 0 Å². The monoisotopic (exact) mass is 507 g/mol. The molecule has 38 heavy (non-hydrogen) atoms. The number of hydrogen-bond acceptors (Lipinski definition) is 4. The van der Waals surface area contributed by atoms with E-state index in [1.165, 1.54) is 10.9 Å². The second-order valence-corrected chi connectivity index (χ2v) is 9.37. The number of para-hydroxylation sites is 1. The van der Waals surface area contributed by atoms with Gasteiger partial charge in [-0.25, -0.2) is 0 Å². The zero-order valence-corrected chi connectivity index (χ0v) is 21.6. The van der Waals surface area contributed by atoms with E-state index in [2.05, 4.69) is 45.2 Å². The molecule has 1 aliphatic heterocycles. The van der Waals surface area contributed by atoms with Crippen LogP contribution in [-0.2, 0) is 13.0 Å². The van der Waals surface area contributed by atoms with Crippen molar-refractivity contribution in [2.24, 2.45) is 0 Å². The molecule has 0 bridgehead atoms. The first-order chi connectivity index (χ1) is 18.6. The largest absolute Gasteiger partial charge is 0.497 e. The topological polar surface area (TPSA) is 77.5 Å². The lowest BCUT2D eigenvalue weighted by Crippen LogP contribution is -2.26. The molecule has 0 spiro atoms. The van der Waals surface area contributed by atoms with E-state index in [1.54, 1.807) is 21.3 Å². The summed E-state index contributed by atoms with van der Waals surface area (Å²) in [7, 11) is 4.88. The number of benzene rings is 3. The van der Waals surface area contributed by atoms with Gasteiger partial charge < -0.3 is 29.1 Å². The maximum Gasteiger partial charge on any atom is 0.253 e. The van der Waals surface area contributed by atoms with Gasteiger partial charge in [0.25, 0.3) is 5.91 Å². The summed E-state index contributed by atoms with van der Waals surface area (Å²) in [5.74, 6) is 1.99. The minimum atomic E-state index is -0.106. The molecule has 3 heterocycles. The summed E-state index contributed by atoms with van der Waals surface area (Å²) in [5.41, 5.74) is 7.19. The number of methoxy groups -OCH3 is 3. The van der Waals surface area contributed by atoms with Gasteiger partial charge in [-0.1, -0.05) is 36.4 Å². The maximum absolute atomic E-state index is 13.5. The van der Waals surface area contributed by atoms with Crippen LogP contribution >= 0.6 is 0 Å². The highest BCUT2D eigenvalue weighted by molar-refractivity contribution is 5.96. The molecule has 0 aliphatic carbocycles. The number of nitrogens with zero attached hydrogens (tertiary/aromatic N) is 1. The average molecular weight is 508 g/mol. The highest BCUT2D eigenvalue weighted by Crippen LogP contribution is 2.41. The Balaban J connectivity index is 1.36. The summed E-state index contributed by atoms with van der Waals surface area (Å²) in [6, 6.07) is 24.0. The van der Waals surface area contributed by atoms with Crippen molar-refractivity contribution >= 4 is 16.8 Å². The minimum Gasteiger partial charge on any atom is -0.497 e. The van der Waals surface area contributed by atoms with Crippen LogP contribution in [0, 0.1) is 0 Å². The molecule has 2 aromatic heterocycles. The minimum absolute atomic E-state index is 0.0838. The van der Waals surface area contributed by atoms with E-state index in [1.807, 2.05) is 48.7 Å². The molecule has 1 aliphatic rings.